The topological polar surface area (TPSA) is 95.9 Å². The standard InChI is InChI=1S/C15H24N2O5/c1-4-9-22-15(21)17-8-6-7-11(17)13(18)16-12(14(19)20)10(3)5-2/h4,10-12H,1,5-9H2,2-3H3,(H,16,18)(H,19,20)/t10-,11-,12?/m0/s1. The summed E-state index contributed by atoms with van der Waals surface area (Å²) in [5, 5.41) is 11.8. The van der Waals surface area contributed by atoms with E-state index in [0.717, 1.165) is 0 Å². The minimum absolute atomic E-state index is 0.0777. The Balaban J connectivity index is 2.71. The molecule has 124 valence electrons. The van der Waals surface area contributed by atoms with Gasteiger partial charge in [0.15, 0.2) is 0 Å². The van der Waals surface area contributed by atoms with Crippen LogP contribution in [0.1, 0.15) is 33.1 Å². The SMILES string of the molecule is C=CCOC(=O)N1CCC[C@H]1C(=O)NC(C(=O)O)[C@@H](C)CC. The lowest BCUT2D eigenvalue weighted by atomic mass is 9.99. The summed E-state index contributed by atoms with van der Waals surface area (Å²) in [7, 11) is 0. The number of carboxylic acid groups (broad SMARTS) is 1. The molecule has 0 saturated carbocycles. The van der Waals surface area contributed by atoms with Crippen molar-refractivity contribution in [1.82, 2.24) is 10.2 Å². The van der Waals surface area contributed by atoms with Gasteiger partial charge in [0.25, 0.3) is 0 Å². The number of carbonyl (C=O) groups is 3. The van der Waals surface area contributed by atoms with E-state index in [2.05, 4.69) is 11.9 Å². The molecule has 0 aromatic rings. The third kappa shape index (κ3) is 4.47. The summed E-state index contributed by atoms with van der Waals surface area (Å²) >= 11 is 0. The van der Waals surface area contributed by atoms with E-state index < -0.39 is 30.1 Å². The Labute approximate surface area is 130 Å². The second-order valence-corrected chi connectivity index (χ2v) is 5.43. The number of amides is 2. The highest BCUT2D eigenvalue weighted by Gasteiger charge is 2.37. The molecule has 2 N–H and O–H groups in total. The number of carbonyl (C=O) groups excluding carboxylic acids is 2. The van der Waals surface area contributed by atoms with E-state index >= 15 is 0 Å². The summed E-state index contributed by atoms with van der Waals surface area (Å²) in [6.45, 7) is 7.59. The minimum Gasteiger partial charge on any atom is -0.480 e. The van der Waals surface area contributed by atoms with Gasteiger partial charge in [0.2, 0.25) is 5.91 Å². The van der Waals surface area contributed by atoms with Crippen molar-refractivity contribution in [2.24, 2.45) is 5.92 Å². The van der Waals surface area contributed by atoms with Crippen LogP contribution in [0.5, 0.6) is 0 Å². The summed E-state index contributed by atoms with van der Waals surface area (Å²) in [4.78, 5) is 36.8. The third-order valence-electron chi connectivity index (χ3n) is 3.89. The number of ether oxygens (including phenoxy) is 1. The van der Waals surface area contributed by atoms with Crippen molar-refractivity contribution in [3.8, 4) is 0 Å². The molecule has 1 fully saturated rings. The number of likely N-dealkylation sites (tertiary alicyclic amines) is 1. The van der Waals surface area contributed by atoms with Crippen LogP contribution in [0.25, 0.3) is 0 Å². The molecule has 2 amide bonds. The number of carboxylic acids is 1. The van der Waals surface area contributed by atoms with Gasteiger partial charge in [-0.1, -0.05) is 32.9 Å². The fourth-order valence-electron chi connectivity index (χ4n) is 2.40. The van der Waals surface area contributed by atoms with Gasteiger partial charge >= 0.3 is 12.1 Å². The molecular formula is C15H24N2O5. The first-order valence-corrected chi connectivity index (χ1v) is 7.49. The molecule has 0 spiro atoms. The average molecular weight is 312 g/mol. The van der Waals surface area contributed by atoms with Crippen LogP contribution in [-0.2, 0) is 14.3 Å². The van der Waals surface area contributed by atoms with E-state index in [1.807, 2.05) is 6.92 Å². The number of hydrogen-bond donors (Lipinski definition) is 2. The van der Waals surface area contributed by atoms with Crippen LogP contribution >= 0.6 is 0 Å². The van der Waals surface area contributed by atoms with Gasteiger partial charge < -0.3 is 15.2 Å². The molecule has 0 aliphatic carbocycles. The van der Waals surface area contributed by atoms with Gasteiger partial charge in [-0.2, -0.15) is 0 Å². The summed E-state index contributed by atoms with van der Waals surface area (Å²) in [5.74, 6) is -1.70. The van der Waals surface area contributed by atoms with Crippen molar-refractivity contribution in [2.45, 2.75) is 45.2 Å². The van der Waals surface area contributed by atoms with E-state index in [9.17, 15) is 19.5 Å². The molecule has 22 heavy (non-hydrogen) atoms. The summed E-state index contributed by atoms with van der Waals surface area (Å²) in [6, 6.07) is -1.63. The Morgan fingerprint density at radius 3 is 2.73 bits per heavy atom. The van der Waals surface area contributed by atoms with E-state index in [-0.39, 0.29) is 12.5 Å². The van der Waals surface area contributed by atoms with Crippen LogP contribution in [0.4, 0.5) is 4.79 Å². The van der Waals surface area contributed by atoms with Crippen LogP contribution in [0, 0.1) is 5.92 Å². The van der Waals surface area contributed by atoms with Crippen LogP contribution in [0.3, 0.4) is 0 Å². The zero-order valence-corrected chi connectivity index (χ0v) is 13.1. The number of aliphatic carboxylic acids is 1. The highest BCUT2D eigenvalue weighted by molar-refractivity contribution is 5.89. The summed E-state index contributed by atoms with van der Waals surface area (Å²) in [6.07, 6.45) is 2.69. The van der Waals surface area contributed by atoms with E-state index in [4.69, 9.17) is 4.74 Å². The third-order valence-corrected chi connectivity index (χ3v) is 3.89. The highest BCUT2D eigenvalue weighted by Crippen LogP contribution is 2.19. The first kappa shape index (κ1) is 18.0. The van der Waals surface area contributed by atoms with Crippen molar-refractivity contribution < 1.29 is 24.2 Å². The van der Waals surface area contributed by atoms with Gasteiger partial charge in [0.1, 0.15) is 18.7 Å². The first-order chi connectivity index (χ1) is 10.4. The van der Waals surface area contributed by atoms with Gasteiger partial charge in [-0.25, -0.2) is 9.59 Å². The Morgan fingerprint density at radius 2 is 2.18 bits per heavy atom. The molecule has 1 rings (SSSR count). The predicted molar refractivity (Wildman–Crippen MR) is 80.3 cm³/mol. The molecule has 0 aromatic carbocycles. The van der Waals surface area contributed by atoms with E-state index in [0.29, 0.717) is 25.8 Å². The number of nitrogens with zero attached hydrogens (tertiary/aromatic N) is 1. The van der Waals surface area contributed by atoms with Crippen LogP contribution in [0.2, 0.25) is 0 Å². The van der Waals surface area contributed by atoms with Gasteiger partial charge in [-0.3, -0.25) is 9.69 Å². The molecule has 1 heterocycles. The molecule has 1 aliphatic heterocycles. The Hall–Kier alpha value is -2.05. The smallest absolute Gasteiger partial charge is 0.410 e. The zero-order valence-electron chi connectivity index (χ0n) is 13.1. The predicted octanol–water partition coefficient (Wildman–Crippen LogP) is 1.39. The lowest BCUT2D eigenvalue weighted by Crippen LogP contribution is -2.52. The van der Waals surface area contributed by atoms with E-state index in [1.54, 1.807) is 6.92 Å². The largest absolute Gasteiger partial charge is 0.480 e. The lowest BCUT2D eigenvalue weighted by Gasteiger charge is -2.26. The molecule has 7 nitrogen and oxygen atoms in total. The van der Waals surface area contributed by atoms with Gasteiger partial charge in [-0.15, -0.1) is 0 Å². The van der Waals surface area contributed by atoms with Crippen LogP contribution < -0.4 is 5.32 Å². The van der Waals surface area contributed by atoms with Crippen molar-refractivity contribution in [3.63, 3.8) is 0 Å². The van der Waals surface area contributed by atoms with E-state index in [1.165, 1.54) is 11.0 Å². The molecule has 1 aliphatic rings. The summed E-state index contributed by atoms with van der Waals surface area (Å²) < 4.78 is 4.95. The van der Waals surface area contributed by atoms with Crippen molar-refractivity contribution in [1.29, 1.82) is 0 Å². The quantitative estimate of drug-likeness (QED) is 0.693. The molecule has 0 radical (unpaired) electrons. The first-order valence-electron chi connectivity index (χ1n) is 7.49. The van der Waals surface area contributed by atoms with Crippen molar-refractivity contribution >= 4 is 18.0 Å². The van der Waals surface area contributed by atoms with Gasteiger partial charge in [0, 0.05) is 6.54 Å². The normalized spacial score (nSPS) is 20.1. The molecule has 1 saturated heterocycles. The summed E-state index contributed by atoms with van der Waals surface area (Å²) in [5.41, 5.74) is 0. The molecule has 3 atom stereocenters. The maximum atomic E-state index is 12.3. The Morgan fingerprint density at radius 1 is 1.50 bits per heavy atom. The van der Waals surface area contributed by atoms with Crippen molar-refractivity contribution in [3.05, 3.63) is 12.7 Å². The number of rotatable bonds is 7. The second-order valence-electron chi connectivity index (χ2n) is 5.43. The fraction of sp³-hybridized carbons (Fsp3) is 0.667. The number of nitrogens with one attached hydrogen (secondary N) is 1. The average Bonchev–Trinajstić information content (AvgIpc) is 2.98. The van der Waals surface area contributed by atoms with Crippen LogP contribution in [0.15, 0.2) is 12.7 Å². The van der Waals surface area contributed by atoms with Gasteiger partial charge in [0.05, 0.1) is 0 Å². The minimum atomic E-state index is -1.07. The second kappa shape index (κ2) is 8.41. The Bertz CT molecular complexity index is 438. The fourth-order valence-corrected chi connectivity index (χ4v) is 2.40. The molecule has 1 unspecified atom stereocenters. The van der Waals surface area contributed by atoms with Crippen LogP contribution in [-0.4, -0.2) is 53.2 Å². The molecule has 7 heteroatoms. The van der Waals surface area contributed by atoms with Gasteiger partial charge in [-0.05, 0) is 18.8 Å². The maximum Gasteiger partial charge on any atom is 0.410 e. The molecular weight excluding hydrogens is 288 g/mol. The van der Waals surface area contributed by atoms with Crippen molar-refractivity contribution in [2.75, 3.05) is 13.2 Å². The maximum absolute atomic E-state index is 12.3. The number of hydrogen-bond acceptors (Lipinski definition) is 4. The molecule has 0 bridgehead atoms. The monoisotopic (exact) mass is 312 g/mol. The lowest BCUT2D eigenvalue weighted by molar-refractivity contribution is -0.144. The molecule has 0 aromatic heterocycles. The zero-order chi connectivity index (χ0) is 16.7. The highest BCUT2D eigenvalue weighted by atomic mass is 16.6. The Kier molecular flexibility index (Phi) is 6.88.